The highest BCUT2D eigenvalue weighted by Gasteiger charge is 2.10. The van der Waals surface area contributed by atoms with Gasteiger partial charge >= 0.3 is 0 Å². The van der Waals surface area contributed by atoms with Crippen LogP contribution in [-0.2, 0) is 0 Å². The van der Waals surface area contributed by atoms with Gasteiger partial charge in [-0.05, 0) is 46.5 Å². The van der Waals surface area contributed by atoms with Crippen molar-refractivity contribution in [3.63, 3.8) is 0 Å². The molecule has 0 amide bonds. The lowest BCUT2D eigenvalue weighted by Crippen LogP contribution is -1.95. The minimum absolute atomic E-state index is 0.410. The molecule has 3 rings (SSSR count). The maximum atomic E-state index is 5.28. The van der Waals surface area contributed by atoms with Crippen molar-refractivity contribution in [3.05, 3.63) is 60.4 Å². The second-order valence-corrected chi connectivity index (χ2v) is 5.52. The van der Waals surface area contributed by atoms with E-state index in [-0.39, 0.29) is 0 Å². The Morgan fingerprint density at radius 3 is 2.48 bits per heavy atom. The zero-order chi connectivity index (χ0) is 14.8. The van der Waals surface area contributed by atoms with Gasteiger partial charge in [-0.3, -0.25) is 4.98 Å². The highest BCUT2D eigenvalue weighted by atomic mass is 16.5. The highest BCUT2D eigenvalue weighted by Crippen LogP contribution is 2.30. The van der Waals surface area contributed by atoms with E-state index in [0.29, 0.717) is 5.92 Å². The highest BCUT2D eigenvalue weighted by molar-refractivity contribution is 5.88. The molecule has 2 heteroatoms. The SMILES string of the molecule is COc1ccc2cc(-c3cccnc3C(C)C)ccc2c1. The fourth-order valence-electron chi connectivity index (χ4n) is 2.64. The van der Waals surface area contributed by atoms with Gasteiger partial charge in [-0.15, -0.1) is 0 Å². The summed E-state index contributed by atoms with van der Waals surface area (Å²) in [5, 5.41) is 2.40. The molecular weight excluding hydrogens is 258 g/mol. The standard InChI is InChI=1S/C19H19NO/c1-13(2)19-18(5-4-10-20-19)16-7-6-15-12-17(21-3)9-8-14(15)11-16/h4-13H,1-3H3. The van der Waals surface area contributed by atoms with Gasteiger partial charge in [0.25, 0.3) is 0 Å². The van der Waals surface area contributed by atoms with Crippen molar-refractivity contribution in [2.24, 2.45) is 0 Å². The Balaban J connectivity index is 2.14. The summed E-state index contributed by atoms with van der Waals surface area (Å²) < 4.78 is 5.28. The van der Waals surface area contributed by atoms with Gasteiger partial charge < -0.3 is 4.74 Å². The lowest BCUT2D eigenvalue weighted by atomic mass is 9.96. The zero-order valence-corrected chi connectivity index (χ0v) is 12.6. The van der Waals surface area contributed by atoms with Gasteiger partial charge in [0, 0.05) is 11.8 Å². The molecule has 1 aromatic heterocycles. The summed E-state index contributed by atoms with van der Waals surface area (Å²) in [6.45, 7) is 4.36. The average molecular weight is 277 g/mol. The lowest BCUT2D eigenvalue weighted by molar-refractivity contribution is 0.415. The van der Waals surface area contributed by atoms with E-state index in [1.54, 1.807) is 7.11 Å². The first-order valence-electron chi connectivity index (χ1n) is 7.22. The monoisotopic (exact) mass is 277 g/mol. The van der Waals surface area contributed by atoms with E-state index < -0.39 is 0 Å². The van der Waals surface area contributed by atoms with Crippen LogP contribution in [0.5, 0.6) is 5.75 Å². The topological polar surface area (TPSA) is 22.1 Å². The van der Waals surface area contributed by atoms with Gasteiger partial charge in [0.1, 0.15) is 5.75 Å². The maximum Gasteiger partial charge on any atom is 0.119 e. The van der Waals surface area contributed by atoms with Crippen LogP contribution in [0.3, 0.4) is 0 Å². The van der Waals surface area contributed by atoms with Crippen LogP contribution in [0.2, 0.25) is 0 Å². The van der Waals surface area contributed by atoms with Crippen LogP contribution in [0.25, 0.3) is 21.9 Å². The van der Waals surface area contributed by atoms with Crippen molar-refractivity contribution < 1.29 is 4.74 Å². The molecule has 0 N–H and O–H groups in total. The maximum absolute atomic E-state index is 5.28. The van der Waals surface area contributed by atoms with E-state index in [1.165, 1.54) is 21.9 Å². The minimum atomic E-state index is 0.410. The van der Waals surface area contributed by atoms with Gasteiger partial charge in [-0.25, -0.2) is 0 Å². The van der Waals surface area contributed by atoms with Crippen LogP contribution < -0.4 is 4.74 Å². The first-order valence-corrected chi connectivity index (χ1v) is 7.22. The molecule has 0 saturated heterocycles. The molecular formula is C19H19NO. The summed E-state index contributed by atoms with van der Waals surface area (Å²) in [6.07, 6.45) is 1.87. The third-order valence-corrected chi connectivity index (χ3v) is 3.74. The number of pyridine rings is 1. The van der Waals surface area contributed by atoms with Crippen LogP contribution in [0.15, 0.2) is 54.7 Å². The summed E-state index contributed by atoms with van der Waals surface area (Å²) in [7, 11) is 1.69. The first-order chi connectivity index (χ1) is 10.2. The molecule has 0 bridgehead atoms. The molecule has 0 aliphatic heterocycles. The van der Waals surface area contributed by atoms with Crippen molar-refractivity contribution in [3.8, 4) is 16.9 Å². The third-order valence-electron chi connectivity index (χ3n) is 3.74. The van der Waals surface area contributed by atoms with Gasteiger partial charge in [-0.1, -0.05) is 38.1 Å². The molecule has 0 fully saturated rings. The number of hydrogen-bond donors (Lipinski definition) is 0. The van der Waals surface area contributed by atoms with Crippen LogP contribution in [-0.4, -0.2) is 12.1 Å². The minimum Gasteiger partial charge on any atom is -0.497 e. The van der Waals surface area contributed by atoms with E-state index in [2.05, 4.69) is 55.2 Å². The predicted molar refractivity (Wildman–Crippen MR) is 87.8 cm³/mol. The number of hydrogen-bond acceptors (Lipinski definition) is 2. The predicted octanol–water partition coefficient (Wildman–Crippen LogP) is 5.03. The van der Waals surface area contributed by atoms with E-state index in [9.17, 15) is 0 Å². The molecule has 21 heavy (non-hydrogen) atoms. The van der Waals surface area contributed by atoms with Crippen LogP contribution in [0.4, 0.5) is 0 Å². The van der Waals surface area contributed by atoms with Crippen molar-refractivity contribution in [2.45, 2.75) is 19.8 Å². The Morgan fingerprint density at radius 2 is 1.71 bits per heavy atom. The fourth-order valence-corrected chi connectivity index (χ4v) is 2.64. The Morgan fingerprint density at radius 1 is 0.952 bits per heavy atom. The van der Waals surface area contributed by atoms with E-state index >= 15 is 0 Å². The van der Waals surface area contributed by atoms with Gasteiger partial charge in [0.05, 0.1) is 12.8 Å². The second kappa shape index (κ2) is 5.57. The fraction of sp³-hybridized carbons (Fsp3) is 0.211. The van der Waals surface area contributed by atoms with Gasteiger partial charge in [0.15, 0.2) is 0 Å². The van der Waals surface area contributed by atoms with Crippen molar-refractivity contribution in [1.82, 2.24) is 4.98 Å². The molecule has 1 heterocycles. The molecule has 3 aromatic rings. The second-order valence-electron chi connectivity index (χ2n) is 5.52. The smallest absolute Gasteiger partial charge is 0.119 e. The number of aromatic nitrogens is 1. The molecule has 0 unspecified atom stereocenters. The molecule has 0 aliphatic carbocycles. The molecule has 2 nitrogen and oxygen atoms in total. The first kappa shape index (κ1) is 13.6. The number of ether oxygens (including phenoxy) is 1. The number of methoxy groups -OCH3 is 1. The van der Waals surface area contributed by atoms with E-state index in [0.717, 1.165) is 11.4 Å². The van der Waals surface area contributed by atoms with Crippen LogP contribution in [0, 0.1) is 0 Å². The Labute approximate surface area is 125 Å². The summed E-state index contributed by atoms with van der Waals surface area (Å²) in [5.74, 6) is 1.30. The molecule has 0 saturated carbocycles. The Kier molecular flexibility index (Phi) is 3.61. The molecule has 0 radical (unpaired) electrons. The van der Waals surface area contributed by atoms with Crippen molar-refractivity contribution >= 4 is 10.8 Å². The summed E-state index contributed by atoms with van der Waals surface area (Å²) in [5.41, 5.74) is 3.57. The normalized spacial score (nSPS) is 11.0. The molecule has 106 valence electrons. The van der Waals surface area contributed by atoms with Gasteiger partial charge in [-0.2, -0.15) is 0 Å². The van der Waals surface area contributed by atoms with Crippen LogP contribution >= 0.6 is 0 Å². The number of rotatable bonds is 3. The van der Waals surface area contributed by atoms with Crippen molar-refractivity contribution in [2.75, 3.05) is 7.11 Å². The van der Waals surface area contributed by atoms with E-state index in [1.807, 2.05) is 18.3 Å². The van der Waals surface area contributed by atoms with Gasteiger partial charge in [0.2, 0.25) is 0 Å². The quantitative estimate of drug-likeness (QED) is 0.669. The Bertz CT molecular complexity index is 777. The molecule has 0 spiro atoms. The third kappa shape index (κ3) is 2.62. The molecule has 0 aliphatic rings. The number of benzene rings is 2. The van der Waals surface area contributed by atoms with E-state index in [4.69, 9.17) is 4.74 Å². The summed E-state index contributed by atoms with van der Waals surface area (Å²) >= 11 is 0. The molecule has 2 aromatic carbocycles. The largest absolute Gasteiger partial charge is 0.497 e. The Hall–Kier alpha value is -2.35. The lowest BCUT2D eigenvalue weighted by Gasteiger charge is -2.12. The van der Waals surface area contributed by atoms with Crippen LogP contribution in [0.1, 0.15) is 25.5 Å². The summed E-state index contributed by atoms with van der Waals surface area (Å²) in [6, 6.07) is 16.8. The zero-order valence-electron chi connectivity index (χ0n) is 12.6. The summed E-state index contributed by atoms with van der Waals surface area (Å²) in [4.78, 5) is 4.54. The number of nitrogens with zero attached hydrogens (tertiary/aromatic N) is 1. The number of fused-ring (bicyclic) bond motifs is 1. The average Bonchev–Trinajstić information content (AvgIpc) is 2.53. The molecule has 0 atom stereocenters. The van der Waals surface area contributed by atoms with Crippen molar-refractivity contribution in [1.29, 1.82) is 0 Å².